The van der Waals surface area contributed by atoms with E-state index in [1.807, 2.05) is 44.7 Å². The molecule has 9 rings (SSSR count). The van der Waals surface area contributed by atoms with E-state index in [-0.39, 0.29) is 141 Å². The number of aliphatic hydroxyl groups is 1. The van der Waals surface area contributed by atoms with Crippen LogP contribution < -0.4 is 98.4 Å². The van der Waals surface area contributed by atoms with Gasteiger partial charge in [0.05, 0.1) is 72.2 Å². The number of carbonyl (C=O) groups is 8. The summed E-state index contributed by atoms with van der Waals surface area (Å²) in [4.78, 5) is 98.4. The molecule has 5 heterocycles. The van der Waals surface area contributed by atoms with Crippen LogP contribution >= 0.6 is 10.7 Å². The normalized spacial score (nSPS) is 13.9. The summed E-state index contributed by atoms with van der Waals surface area (Å²) >= 11 is 0. The fourth-order valence-corrected chi connectivity index (χ4v) is 14.8. The van der Waals surface area contributed by atoms with E-state index in [0.717, 1.165) is 31.9 Å². The Labute approximate surface area is 732 Å². The van der Waals surface area contributed by atoms with Crippen molar-refractivity contribution < 1.29 is 166 Å². The van der Waals surface area contributed by atoms with Crippen molar-refractivity contribution >= 4 is 88.0 Å². The Hall–Kier alpha value is -8.01. The summed E-state index contributed by atoms with van der Waals surface area (Å²) in [6.45, 7) is 29.4. The van der Waals surface area contributed by atoms with Crippen LogP contribution in [0.3, 0.4) is 0 Å². The van der Waals surface area contributed by atoms with Crippen LogP contribution in [-0.2, 0) is 41.9 Å². The molecule has 6 aromatic rings. The Bertz CT molecular complexity index is 4630. The number of amides is 3. The number of nitrogens with zero attached hydrogens (tertiary/aromatic N) is 7. The van der Waals surface area contributed by atoms with Gasteiger partial charge >= 0.3 is 69.3 Å². The zero-order valence-corrected chi connectivity index (χ0v) is 75.3. The molecular formula is C76H113ClFKN12O23S3. The SMILES string of the molecule is CC(C)(C)O.CCCc1c(C=O)c(C)c(C(N)=O)n1N.CCCc1c(C=O)c(C)c(C(N)=O)n1NC(=O)c1cc(S(=O)(=O)N2CCN(C)CC2)ccc1OCC.CCOc1ccc(S(=O)(=O)Cl)cc1C(=O)O.CCOc1ccc(S(=O)(=O)N2CCN(C)CC2)cc1C(=O)O.CCOc1ccccc1C(=O)O.CN1CCNCC1.[2H]CF.[K+].[OH-]. The quantitative estimate of drug-likeness (QED) is 0.0162. The number of alkyl halides is 1. The second-order valence-electron chi connectivity index (χ2n) is 26.5. The number of hydrogen-bond acceptors (Lipinski definition) is 25. The molecule has 35 nitrogen and oxygen atoms in total. The minimum absolute atomic E-state index is 0. The van der Waals surface area contributed by atoms with Gasteiger partial charge in [0, 0.05) is 100 Å². The van der Waals surface area contributed by atoms with E-state index in [2.05, 4.69) is 22.7 Å². The van der Waals surface area contributed by atoms with Crippen molar-refractivity contribution in [1.82, 2.24) is 38.0 Å². The number of halogens is 2. The van der Waals surface area contributed by atoms with Gasteiger partial charge in [0.25, 0.3) is 26.8 Å². The van der Waals surface area contributed by atoms with Crippen LogP contribution in [0, 0.1) is 13.8 Å². The molecule has 0 aliphatic carbocycles. The predicted molar refractivity (Wildman–Crippen MR) is 436 cm³/mol. The van der Waals surface area contributed by atoms with Crippen molar-refractivity contribution in [3.8, 4) is 23.0 Å². The molecule has 3 aliphatic rings. The number of primary amides is 2. The fourth-order valence-electron chi connectivity index (χ4n) is 11.1. The van der Waals surface area contributed by atoms with Gasteiger partial charge in [-0.05, 0) is 174 Å². The number of nitrogen functional groups attached to an aromatic ring is 1. The number of para-hydroxylation sites is 1. The molecule has 0 spiro atoms. The number of piperazine rings is 3. The van der Waals surface area contributed by atoms with Crippen LogP contribution in [0.1, 0.15) is 182 Å². The molecule has 0 atom stereocenters. The maximum Gasteiger partial charge on any atom is 1.00 e. The Balaban J connectivity index is 0.00000144. The number of nitrogens with one attached hydrogen (secondary N) is 2. The van der Waals surface area contributed by atoms with Crippen LogP contribution in [0.4, 0.5) is 4.39 Å². The minimum atomic E-state index is -3.94. The van der Waals surface area contributed by atoms with E-state index in [1.54, 1.807) is 73.6 Å². The van der Waals surface area contributed by atoms with Crippen LogP contribution in [0.25, 0.3) is 0 Å². The van der Waals surface area contributed by atoms with Crippen molar-refractivity contribution in [2.24, 2.45) is 11.5 Å². The number of carboxylic acid groups (broad SMARTS) is 3. The van der Waals surface area contributed by atoms with E-state index in [1.165, 1.54) is 85.6 Å². The van der Waals surface area contributed by atoms with Gasteiger partial charge in [-0.3, -0.25) is 43.1 Å². The molecule has 3 fully saturated rings. The van der Waals surface area contributed by atoms with E-state index >= 15 is 0 Å². The number of carboxylic acids is 3. The number of sulfonamides is 2. The minimum Gasteiger partial charge on any atom is -0.870 e. The molecule has 0 unspecified atom stereocenters. The molecule has 648 valence electrons. The summed E-state index contributed by atoms with van der Waals surface area (Å²) in [5.41, 5.74) is 15.7. The van der Waals surface area contributed by atoms with Gasteiger partial charge in [-0.15, -0.1) is 0 Å². The molecule has 13 N–H and O–H groups in total. The maximum absolute atomic E-state index is 13.5. The van der Waals surface area contributed by atoms with Crippen molar-refractivity contribution in [1.29, 1.82) is 0 Å². The van der Waals surface area contributed by atoms with E-state index in [4.69, 9.17) is 63.6 Å². The second-order valence-corrected chi connectivity index (χ2v) is 32.9. The molecule has 3 saturated heterocycles. The number of ether oxygens (including phenoxy) is 4. The summed E-state index contributed by atoms with van der Waals surface area (Å²) < 4.78 is 116. The van der Waals surface area contributed by atoms with Crippen molar-refractivity contribution in [2.45, 2.75) is 122 Å². The van der Waals surface area contributed by atoms with Crippen LogP contribution in [0.2, 0.25) is 0 Å². The van der Waals surface area contributed by atoms with Crippen LogP contribution in [0.5, 0.6) is 23.0 Å². The van der Waals surface area contributed by atoms with Gasteiger partial charge in [0.1, 0.15) is 51.1 Å². The summed E-state index contributed by atoms with van der Waals surface area (Å²) in [6, 6.07) is 18.1. The molecule has 3 amide bonds. The molecule has 4 aromatic carbocycles. The average molecular weight is 1750 g/mol. The van der Waals surface area contributed by atoms with Crippen molar-refractivity contribution in [2.75, 3.05) is 145 Å². The largest absolute Gasteiger partial charge is 1.00 e. The van der Waals surface area contributed by atoms with E-state index in [9.17, 15) is 73.1 Å². The zero-order chi connectivity index (χ0) is 88.2. The first-order valence-corrected chi connectivity index (χ1v) is 41.6. The summed E-state index contributed by atoms with van der Waals surface area (Å²) in [5.74, 6) is 1.05. The first kappa shape index (κ1) is 107. The number of likely N-dealkylation sites (N-methyl/N-ethyl adjacent to an activating group) is 3. The molecule has 0 radical (unpaired) electrons. The van der Waals surface area contributed by atoms with Crippen LogP contribution in [0.15, 0.2) is 93.5 Å². The second kappa shape index (κ2) is 52.8. The third kappa shape index (κ3) is 33.6. The Kier molecular flexibility index (Phi) is 48.3. The molecule has 2 aromatic heterocycles. The van der Waals surface area contributed by atoms with Crippen molar-refractivity contribution in [3.05, 3.63) is 146 Å². The van der Waals surface area contributed by atoms with Gasteiger partial charge in [-0.2, -0.15) is 8.61 Å². The summed E-state index contributed by atoms with van der Waals surface area (Å²) in [6.07, 6.45) is 3.89. The number of benzene rings is 4. The number of aldehydes is 2. The fraction of sp³-hybridized carbons (Fsp3) is 0.474. The summed E-state index contributed by atoms with van der Waals surface area (Å²) in [5, 5.41) is 38.6. The predicted octanol–water partition coefficient (Wildman–Crippen LogP) is 3.68. The van der Waals surface area contributed by atoms with Gasteiger partial charge in [0.2, 0.25) is 20.0 Å². The van der Waals surface area contributed by atoms with Gasteiger partial charge in [-0.1, -0.05) is 38.8 Å². The third-order valence-corrected chi connectivity index (χ3v) is 21.9. The maximum atomic E-state index is 13.5. The Morgan fingerprint density at radius 1 is 0.556 bits per heavy atom. The smallest absolute Gasteiger partial charge is 0.870 e. The van der Waals surface area contributed by atoms with Gasteiger partial charge in [-0.25, -0.2) is 39.6 Å². The monoisotopic (exact) mass is 1750 g/mol. The van der Waals surface area contributed by atoms with Gasteiger partial charge in [0.15, 0.2) is 12.6 Å². The zero-order valence-electron chi connectivity index (χ0n) is 69.9. The molecule has 3 aliphatic heterocycles. The first-order chi connectivity index (χ1) is 54.4. The molecule has 117 heavy (non-hydrogen) atoms. The molecule has 0 saturated carbocycles. The van der Waals surface area contributed by atoms with E-state index < -0.39 is 77.5 Å². The Morgan fingerprint density at radius 3 is 1.22 bits per heavy atom. The molecule has 41 heteroatoms. The number of carbonyl (C=O) groups excluding carboxylic acids is 5. The van der Waals surface area contributed by atoms with Gasteiger partial charge < -0.3 is 82.2 Å². The number of aromatic nitrogens is 2. The number of rotatable bonds is 26. The molecule has 0 bridgehead atoms. The third-order valence-electron chi connectivity index (χ3n) is 16.8. The van der Waals surface area contributed by atoms with E-state index in [0.29, 0.717) is 125 Å². The van der Waals surface area contributed by atoms with Crippen molar-refractivity contribution in [3.63, 3.8) is 0 Å². The summed E-state index contributed by atoms with van der Waals surface area (Å²) in [7, 11) is -1.35. The molecular weight excluding hydrogens is 1640 g/mol. The number of nitrogens with two attached hydrogens (primary N) is 3. The number of hydrogen-bond donors (Lipinski definition) is 9. The van der Waals surface area contributed by atoms with Crippen LogP contribution in [-0.4, -0.2) is 271 Å². The topological polar surface area (TPSA) is 515 Å². The number of aromatic carboxylic acids is 3. The standard InChI is InChI=1S/C24H33N5O6S.C14H20N2O5S.C10H15N3O2.C9H9ClO5S.C9H10O3.C5H12N2.C4H10O.CH3F.K.H2O/c1-5-7-20-19(15-30)16(3)22(23(25)31)29(20)26-24(32)18-14-17(8-9-21(18)35-6-2)36(33,34)28-12-10-27(4)11-13-28;1-3-21-13-5-4-11(10-12(13)14(17)18)22(19,20)16-8-6-15(2)7-9-16;1-3-4-8-7(5-14)6(2)9(10(11)15)13(8)12;1-2-15-8-4-3-6(16(10,13)14)5-7(8)9(11)12;1-2-12-8-6-4-3-5-7(8)9(10)11;1-7-4-2-6-3-5-7;1-4(2,3)5;1-2;;/h8-9,14-15H,5-7,10-13H2,1-4H3,(H2,25,31)(H,26,32);4-5,10H,3,6-9H2,1-2H3,(H,17,18);5H,3-4,12H2,1-2H3,(H2,11,15);3-5H,2H2,1H3,(H,11,12);3-6H,2H2,1H3,(H,10,11);6H,2-5H2,1H3;5H,1-3H3;1H3;;1H2/q;;;;;;;;+1;/p-1/i;;;;;;;1D;;. The Morgan fingerprint density at radius 2 is 0.880 bits per heavy atom. The average Bonchev–Trinajstić information content (AvgIpc) is 1.41. The first-order valence-electron chi connectivity index (χ1n) is 37.2.